The first-order valence-corrected chi connectivity index (χ1v) is 8.88. The van der Waals surface area contributed by atoms with Gasteiger partial charge in [0.25, 0.3) is 5.91 Å². The summed E-state index contributed by atoms with van der Waals surface area (Å²) in [6.45, 7) is 4.56. The molecule has 1 N–H and O–H groups in total. The zero-order valence-corrected chi connectivity index (χ0v) is 14.2. The molecule has 3 atom stereocenters. The molecule has 0 spiro atoms. The average molecular weight is 325 g/mol. The minimum atomic E-state index is -0.234. The van der Waals surface area contributed by atoms with Crippen LogP contribution < -0.4 is 10.7 Å². The highest BCUT2D eigenvalue weighted by atomic mass is 16.2. The van der Waals surface area contributed by atoms with Crippen molar-refractivity contribution in [3.63, 3.8) is 0 Å². The number of nitrogens with one attached hydrogen (secondary N) is 1. The second-order valence-corrected chi connectivity index (χ2v) is 7.24. The van der Waals surface area contributed by atoms with Crippen molar-refractivity contribution in [3.05, 3.63) is 39.8 Å². The van der Waals surface area contributed by atoms with Crippen LogP contribution in [0.5, 0.6) is 0 Å². The van der Waals surface area contributed by atoms with Gasteiger partial charge in [-0.05, 0) is 57.1 Å². The van der Waals surface area contributed by atoms with Gasteiger partial charge in [-0.1, -0.05) is 6.42 Å². The third-order valence-electron chi connectivity index (χ3n) is 5.70. The summed E-state index contributed by atoms with van der Waals surface area (Å²) in [7, 11) is 0. The van der Waals surface area contributed by atoms with Crippen molar-refractivity contribution in [2.75, 3.05) is 0 Å². The molecule has 24 heavy (non-hydrogen) atoms. The molecule has 2 bridgehead atoms. The van der Waals surface area contributed by atoms with E-state index in [1.165, 1.54) is 19.3 Å². The number of aryl methyl sites for hydroxylation is 2. The van der Waals surface area contributed by atoms with Crippen LogP contribution in [0.25, 0.3) is 11.0 Å². The van der Waals surface area contributed by atoms with Gasteiger partial charge < -0.3 is 9.88 Å². The lowest BCUT2D eigenvalue weighted by molar-refractivity contribution is 0.0921. The van der Waals surface area contributed by atoms with Crippen LogP contribution >= 0.6 is 0 Å². The fraction of sp³-hybridized carbons (Fsp3) is 0.526. The van der Waals surface area contributed by atoms with E-state index in [0.717, 1.165) is 18.0 Å². The van der Waals surface area contributed by atoms with Gasteiger partial charge >= 0.3 is 0 Å². The van der Waals surface area contributed by atoms with Gasteiger partial charge in [0, 0.05) is 24.5 Å². The summed E-state index contributed by atoms with van der Waals surface area (Å²) in [6, 6.07) is 3.83. The average Bonchev–Trinajstić information content (AvgIpc) is 3.18. The summed E-state index contributed by atoms with van der Waals surface area (Å²) in [6.07, 6.45) is 6.45. The van der Waals surface area contributed by atoms with Crippen LogP contribution in [0.4, 0.5) is 0 Å². The number of fused-ring (bicyclic) bond motifs is 3. The van der Waals surface area contributed by atoms with Crippen LogP contribution in [0.15, 0.2) is 23.1 Å². The first kappa shape index (κ1) is 15.4. The normalized spacial score (nSPS) is 25.3. The maximum absolute atomic E-state index is 12.8. The molecule has 2 saturated carbocycles. The molecule has 0 saturated heterocycles. The highest BCUT2D eigenvalue weighted by molar-refractivity contribution is 5.97. The number of rotatable bonds is 3. The van der Waals surface area contributed by atoms with Gasteiger partial charge in [0.05, 0.1) is 5.39 Å². The molecule has 2 aromatic rings. The first-order chi connectivity index (χ1) is 11.6. The molecule has 5 nitrogen and oxygen atoms in total. The van der Waals surface area contributed by atoms with Crippen molar-refractivity contribution in [2.24, 2.45) is 11.8 Å². The van der Waals surface area contributed by atoms with Crippen molar-refractivity contribution < 1.29 is 4.79 Å². The summed E-state index contributed by atoms with van der Waals surface area (Å²) in [5.41, 5.74) is 1.53. The summed E-state index contributed by atoms with van der Waals surface area (Å²) in [4.78, 5) is 30.0. The highest BCUT2D eigenvalue weighted by Crippen LogP contribution is 2.44. The lowest BCUT2D eigenvalue weighted by Gasteiger charge is -2.23. The Labute approximate surface area is 141 Å². The molecular formula is C19H23N3O2. The van der Waals surface area contributed by atoms with Gasteiger partial charge in [-0.25, -0.2) is 4.98 Å². The number of pyridine rings is 2. The topological polar surface area (TPSA) is 64.0 Å². The molecule has 2 aliphatic rings. The smallest absolute Gasteiger partial charge is 0.257 e. The number of hydrogen-bond donors (Lipinski definition) is 1. The van der Waals surface area contributed by atoms with E-state index in [-0.39, 0.29) is 22.9 Å². The molecule has 4 rings (SSSR count). The van der Waals surface area contributed by atoms with Gasteiger partial charge in [-0.3, -0.25) is 9.59 Å². The Hall–Kier alpha value is -2.17. The largest absolute Gasteiger partial charge is 0.349 e. The van der Waals surface area contributed by atoms with E-state index in [4.69, 9.17) is 0 Å². The van der Waals surface area contributed by atoms with Crippen molar-refractivity contribution >= 4 is 16.9 Å². The zero-order valence-electron chi connectivity index (χ0n) is 14.2. The first-order valence-electron chi connectivity index (χ1n) is 8.88. The molecule has 2 aliphatic carbocycles. The van der Waals surface area contributed by atoms with Crippen molar-refractivity contribution in [3.8, 4) is 0 Å². The molecule has 2 fully saturated rings. The Morgan fingerprint density at radius 3 is 2.83 bits per heavy atom. The second kappa shape index (κ2) is 5.72. The number of aromatic nitrogens is 2. The van der Waals surface area contributed by atoms with E-state index >= 15 is 0 Å². The summed E-state index contributed by atoms with van der Waals surface area (Å²) >= 11 is 0. The fourth-order valence-corrected chi connectivity index (χ4v) is 4.43. The number of carbonyl (C=O) groups excluding carboxylic acids is 1. The summed E-state index contributed by atoms with van der Waals surface area (Å²) < 4.78 is 1.89. The molecule has 0 radical (unpaired) electrons. The Bertz CT molecular complexity index is 871. The van der Waals surface area contributed by atoms with Crippen LogP contribution in [0.2, 0.25) is 0 Å². The lowest BCUT2D eigenvalue weighted by Crippen LogP contribution is -2.40. The molecule has 1 amide bonds. The van der Waals surface area contributed by atoms with E-state index in [0.29, 0.717) is 23.5 Å². The minimum Gasteiger partial charge on any atom is -0.349 e. The van der Waals surface area contributed by atoms with E-state index in [9.17, 15) is 9.59 Å². The second-order valence-electron chi connectivity index (χ2n) is 7.24. The van der Waals surface area contributed by atoms with E-state index in [2.05, 4.69) is 10.3 Å². The predicted molar refractivity (Wildman–Crippen MR) is 93.1 cm³/mol. The van der Waals surface area contributed by atoms with Crippen molar-refractivity contribution in [1.29, 1.82) is 0 Å². The number of nitrogens with zero attached hydrogens (tertiary/aromatic N) is 2. The van der Waals surface area contributed by atoms with Gasteiger partial charge in [-0.2, -0.15) is 0 Å². The Morgan fingerprint density at radius 1 is 1.33 bits per heavy atom. The standard InChI is InChI=1S/C19H23N3O2/c1-3-22-10-15(17(23)14-7-4-11(2)20-18(14)22)19(24)21-16-9-12-5-6-13(16)8-12/h4,7,10,12-13,16H,3,5-6,8-9H2,1-2H3,(H,21,24). The van der Waals surface area contributed by atoms with Crippen molar-refractivity contribution in [2.45, 2.75) is 52.1 Å². The third-order valence-corrected chi connectivity index (χ3v) is 5.70. The number of carbonyl (C=O) groups is 1. The Kier molecular flexibility index (Phi) is 3.66. The summed E-state index contributed by atoms with van der Waals surface area (Å²) in [5.74, 6) is 1.12. The Balaban J connectivity index is 1.71. The zero-order chi connectivity index (χ0) is 16.8. The van der Waals surface area contributed by atoms with Crippen molar-refractivity contribution in [1.82, 2.24) is 14.9 Å². The molecule has 5 heteroatoms. The maximum atomic E-state index is 12.8. The van der Waals surface area contributed by atoms with Crippen LogP contribution in [-0.2, 0) is 6.54 Å². The van der Waals surface area contributed by atoms with Crippen LogP contribution in [0.1, 0.15) is 48.7 Å². The van der Waals surface area contributed by atoms with E-state index < -0.39 is 0 Å². The van der Waals surface area contributed by atoms with Gasteiger partial charge in [0.2, 0.25) is 5.43 Å². The molecule has 3 unspecified atom stereocenters. The fourth-order valence-electron chi connectivity index (χ4n) is 4.43. The molecular weight excluding hydrogens is 302 g/mol. The minimum absolute atomic E-state index is 0.220. The highest BCUT2D eigenvalue weighted by Gasteiger charge is 2.40. The molecule has 2 heterocycles. The third kappa shape index (κ3) is 2.43. The Morgan fingerprint density at radius 2 is 2.17 bits per heavy atom. The molecule has 2 aromatic heterocycles. The number of hydrogen-bond acceptors (Lipinski definition) is 3. The predicted octanol–water partition coefficient (Wildman–Crippen LogP) is 2.64. The van der Waals surface area contributed by atoms with E-state index in [1.54, 1.807) is 12.3 Å². The molecule has 0 aromatic carbocycles. The van der Waals surface area contributed by atoms with Crippen LogP contribution in [0, 0.1) is 18.8 Å². The lowest BCUT2D eigenvalue weighted by atomic mass is 9.95. The maximum Gasteiger partial charge on any atom is 0.257 e. The van der Waals surface area contributed by atoms with E-state index in [1.807, 2.05) is 24.5 Å². The SMILES string of the molecule is CCn1cc(C(=O)NC2CC3CCC2C3)c(=O)c2ccc(C)nc21. The monoisotopic (exact) mass is 325 g/mol. The van der Waals surface area contributed by atoms with Crippen LogP contribution in [0.3, 0.4) is 0 Å². The molecule has 126 valence electrons. The van der Waals surface area contributed by atoms with Gasteiger partial charge in [0.1, 0.15) is 11.2 Å². The van der Waals surface area contributed by atoms with Gasteiger partial charge in [0.15, 0.2) is 0 Å². The van der Waals surface area contributed by atoms with Gasteiger partial charge in [-0.15, -0.1) is 0 Å². The van der Waals surface area contributed by atoms with Crippen LogP contribution in [-0.4, -0.2) is 21.5 Å². The molecule has 0 aliphatic heterocycles. The quantitative estimate of drug-likeness (QED) is 0.943. The summed E-state index contributed by atoms with van der Waals surface area (Å²) in [5, 5.41) is 3.64. The number of amides is 1.